The Labute approximate surface area is 109 Å². The Bertz CT molecular complexity index is 461. The summed E-state index contributed by atoms with van der Waals surface area (Å²) >= 11 is 5.79. The summed E-state index contributed by atoms with van der Waals surface area (Å²) in [6, 6.07) is 3.75. The highest BCUT2D eigenvalue weighted by Crippen LogP contribution is 2.28. The van der Waals surface area contributed by atoms with Crippen molar-refractivity contribution in [3.8, 4) is 5.75 Å². The summed E-state index contributed by atoms with van der Waals surface area (Å²) in [6.07, 6.45) is -0.248. The first kappa shape index (κ1) is 14.2. The van der Waals surface area contributed by atoms with E-state index in [1.807, 2.05) is 0 Å². The maximum atomic E-state index is 11.2. The summed E-state index contributed by atoms with van der Waals surface area (Å²) in [7, 11) is 0. The quantitative estimate of drug-likeness (QED) is 0.468. The van der Waals surface area contributed by atoms with Crippen LogP contribution in [0.25, 0.3) is 0 Å². The highest BCUT2D eigenvalue weighted by atomic mass is 35.5. The zero-order valence-corrected chi connectivity index (χ0v) is 10.6. The lowest BCUT2D eigenvalue weighted by molar-refractivity contribution is -0.384. The fourth-order valence-electron chi connectivity index (χ4n) is 1.15. The second kappa shape index (κ2) is 6.20. The third-order valence-electron chi connectivity index (χ3n) is 1.84. The zero-order chi connectivity index (χ0) is 13.7. The molecule has 1 aromatic carbocycles. The fourth-order valence-corrected chi connectivity index (χ4v) is 1.32. The van der Waals surface area contributed by atoms with Gasteiger partial charge in [-0.1, -0.05) is 11.6 Å². The van der Waals surface area contributed by atoms with Gasteiger partial charge < -0.3 is 9.47 Å². The van der Waals surface area contributed by atoms with Crippen molar-refractivity contribution >= 4 is 23.3 Å². The van der Waals surface area contributed by atoms with E-state index < -0.39 is 10.9 Å². The van der Waals surface area contributed by atoms with E-state index in [4.69, 9.17) is 21.1 Å². The van der Waals surface area contributed by atoms with Gasteiger partial charge >= 0.3 is 5.97 Å². The first-order valence-electron chi connectivity index (χ1n) is 5.16. The van der Waals surface area contributed by atoms with Gasteiger partial charge in [0, 0.05) is 6.07 Å². The minimum Gasteiger partial charge on any atom is -0.480 e. The van der Waals surface area contributed by atoms with Crippen LogP contribution in [-0.4, -0.2) is 23.6 Å². The van der Waals surface area contributed by atoms with Crippen LogP contribution in [0.5, 0.6) is 5.75 Å². The van der Waals surface area contributed by atoms with Crippen LogP contribution in [-0.2, 0) is 9.53 Å². The zero-order valence-electron chi connectivity index (χ0n) is 9.88. The maximum Gasteiger partial charge on any atom is 0.344 e. The molecule has 0 saturated heterocycles. The molecule has 18 heavy (non-hydrogen) atoms. The Morgan fingerprint density at radius 1 is 1.50 bits per heavy atom. The molecule has 0 radical (unpaired) electrons. The molecule has 0 amide bonds. The molecule has 0 fully saturated rings. The molecular formula is C11H12ClNO5. The van der Waals surface area contributed by atoms with Crippen molar-refractivity contribution in [3.05, 3.63) is 33.3 Å². The van der Waals surface area contributed by atoms with Crippen LogP contribution in [0.1, 0.15) is 13.8 Å². The van der Waals surface area contributed by atoms with Gasteiger partial charge in [0.25, 0.3) is 5.69 Å². The van der Waals surface area contributed by atoms with Crippen LogP contribution in [0.2, 0.25) is 5.02 Å². The Hall–Kier alpha value is -1.82. The number of nitrogens with zero attached hydrogens (tertiary/aromatic N) is 1. The molecule has 0 saturated carbocycles. The van der Waals surface area contributed by atoms with Crippen molar-refractivity contribution in [2.75, 3.05) is 6.61 Å². The fraction of sp³-hybridized carbons (Fsp3) is 0.364. The third-order valence-corrected chi connectivity index (χ3v) is 2.15. The summed E-state index contributed by atoms with van der Waals surface area (Å²) < 4.78 is 9.93. The first-order chi connectivity index (χ1) is 8.40. The van der Waals surface area contributed by atoms with Crippen LogP contribution in [0.4, 0.5) is 5.69 Å². The van der Waals surface area contributed by atoms with Crippen molar-refractivity contribution in [1.82, 2.24) is 0 Å². The van der Waals surface area contributed by atoms with Gasteiger partial charge in [-0.15, -0.1) is 0 Å². The van der Waals surface area contributed by atoms with Gasteiger partial charge in [0.15, 0.2) is 6.61 Å². The molecular weight excluding hydrogens is 262 g/mol. The predicted octanol–water partition coefficient (Wildman–Crippen LogP) is 2.58. The van der Waals surface area contributed by atoms with E-state index in [9.17, 15) is 14.9 Å². The van der Waals surface area contributed by atoms with Crippen LogP contribution in [0.15, 0.2) is 18.2 Å². The standard InChI is InChI=1S/C11H12ClNO5/c1-7(2)18-11(14)6-17-10-5-8(13(15)16)3-4-9(10)12/h3-5,7H,6H2,1-2H3. The molecule has 0 aliphatic rings. The predicted molar refractivity (Wildman–Crippen MR) is 64.8 cm³/mol. The van der Waals surface area contributed by atoms with E-state index in [1.54, 1.807) is 13.8 Å². The van der Waals surface area contributed by atoms with Crippen molar-refractivity contribution in [2.24, 2.45) is 0 Å². The van der Waals surface area contributed by atoms with Gasteiger partial charge in [-0.05, 0) is 19.9 Å². The molecule has 0 unspecified atom stereocenters. The molecule has 0 aliphatic carbocycles. The number of hydrogen-bond donors (Lipinski definition) is 0. The molecule has 1 rings (SSSR count). The number of hydrogen-bond acceptors (Lipinski definition) is 5. The highest BCUT2D eigenvalue weighted by molar-refractivity contribution is 6.32. The number of non-ortho nitro benzene ring substituents is 1. The lowest BCUT2D eigenvalue weighted by Crippen LogP contribution is -2.18. The number of esters is 1. The van der Waals surface area contributed by atoms with Crippen LogP contribution < -0.4 is 4.74 Å². The number of rotatable bonds is 5. The molecule has 0 atom stereocenters. The lowest BCUT2D eigenvalue weighted by Gasteiger charge is -2.10. The third kappa shape index (κ3) is 4.21. The van der Waals surface area contributed by atoms with E-state index in [0.29, 0.717) is 0 Å². The molecule has 0 aliphatic heterocycles. The minimum absolute atomic E-state index is 0.0755. The number of nitro benzene ring substituents is 1. The normalized spacial score (nSPS) is 10.2. The highest BCUT2D eigenvalue weighted by Gasteiger charge is 2.13. The summed E-state index contributed by atoms with van der Waals surface area (Å²) in [5, 5.41) is 10.8. The maximum absolute atomic E-state index is 11.2. The Kier molecular flexibility index (Phi) is 4.91. The summed E-state index contributed by atoms with van der Waals surface area (Å²) in [6.45, 7) is 3.07. The smallest absolute Gasteiger partial charge is 0.344 e. The molecule has 1 aromatic rings. The summed E-state index contributed by atoms with van der Waals surface area (Å²) in [5.41, 5.74) is -0.161. The number of benzene rings is 1. The topological polar surface area (TPSA) is 78.7 Å². The molecule has 98 valence electrons. The second-order valence-corrected chi connectivity index (χ2v) is 4.11. The van der Waals surface area contributed by atoms with Crippen LogP contribution in [0, 0.1) is 10.1 Å². The van der Waals surface area contributed by atoms with E-state index in [0.717, 1.165) is 6.07 Å². The molecule has 0 spiro atoms. The van der Waals surface area contributed by atoms with Gasteiger partial charge in [0.05, 0.1) is 22.1 Å². The van der Waals surface area contributed by atoms with Gasteiger partial charge in [-0.25, -0.2) is 4.79 Å². The van der Waals surface area contributed by atoms with E-state index in [-0.39, 0.29) is 29.2 Å². The Morgan fingerprint density at radius 3 is 2.72 bits per heavy atom. The lowest BCUT2D eigenvalue weighted by atomic mass is 10.3. The molecule has 0 N–H and O–H groups in total. The minimum atomic E-state index is -0.574. The molecule has 0 bridgehead atoms. The number of nitro groups is 1. The molecule has 0 heterocycles. The average Bonchev–Trinajstić information content (AvgIpc) is 2.26. The van der Waals surface area contributed by atoms with E-state index >= 15 is 0 Å². The Morgan fingerprint density at radius 2 is 2.17 bits per heavy atom. The Balaban J connectivity index is 2.69. The van der Waals surface area contributed by atoms with Crippen molar-refractivity contribution in [1.29, 1.82) is 0 Å². The molecule has 7 heteroatoms. The SMILES string of the molecule is CC(C)OC(=O)COc1cc([N+](=O)[O-])ccc1Cl. The van der Waals surface area contributed by atoms with Gasteiger partial charge in [0.1, 0.15) is 5.75 Å². The van der Waals surface area contributed by atoms with Crippen molar-refractivity contribution < 1.29 is 19.2 Å². The number of carbonyl (C=O) groups excluding carboxylic acids is 1. The van der Waals surface area contributed by atoms with Gasteiger partial charge in [0.2, 0.25) is 0 Å². The summed E-state index contributed by atoms with van der Waals surface area (Å²) in [4.78, 5) is 21.2. The number of carbonyl (C=O) groups is 1. The average molecular weight is 274 g/mol. The van der Waals surface area contributed by atoms with Crippen LogP contribution >= 0.6 is 11.6 Å². The van der Waals surface area contributed by atoms with Crippen LogP contribution in [0.3, 0.4) is 0 Å². The van der Waals surface area contributed by atoms with Crippen molar-refractivity contribution in [2.45, 2.75) is 20.0 Å². The van der Waals surface area contributed by atoms with E-state index in [1.165, 1.54) is 12.1 Å². The largest absolute Gasteiger partial charge is 0.480 e. The van der Waals surface area contributed by atoms with E-state index in [2.05, 4.69) is 0 Å². The van der Waals surface area contributed by atoms with Gasteiger partial charge in [-0.2, -0.15) is 0 Å². The monoisotopic (exact) mass is 273 g/mol. The molecule has 6 nitrogen and oxygen atoms in total. The van der Waals surface area contributed by atoms with Gasteiger partial charge in [-0.3, -0.25) is 10.1 Å². The second-order valence-electron chi connectivity index (χ2n) is 3.70. The number of ether oxygens (including phenoxy) is 2. The van der Waals surface area contributed by atoms with Crippen molar-refractivity contribution in [3.63, 3.8) is 0 Å². The molecule has 0 aromatic heterocycles. The summed E-state index contributed by atoms with van der Waals surface area (Å²) in [5.74, 6) is -0.487. The number of halogens is 1. The first-order valence-corrected chi connectivity index (χ1v) is 5.54.